The molecule has 0 N–H and O–H groups in total. The average Bonchev–Trinajstić information content (AvgIpc) is 3.63. The van der Waals surface area contributed by atoms with E-state index in [0.29, 0.717) is 32.2 Å². The summed E-state index contributed by atoms with van der Waals surface area (Å²) in [6, 6.07) is 25.2. The van der Waals surface area contributed by atoms with E-state index in [4.69, 9.17) is 4.74 Å². The molecule has 0 bridgehead atoms. The van der Waals surface area contributed by atoms with Gasteiger partial charge in [0.05, 0.1) is 25.2 Å². The van der Waals surface area contributed by atoms with Gasteiger partial charge in [0.25, 0.3) is 0 Å². The molecule has 0 spiro atoms. The lowest BCUT2D eigenvalue weighted by molar-refractivity contribution is -0.139. The second-order valence-corrected chi connectivity index (χ2v) is 14.1. The fourth-order valence-corrected chi connectivity index (χ4v) is 8.70. The van der Waals surface area contributed by atoms with Crippen molar-refractivity contribution in [2.45, 2.75) is 88.9 Å². The largest absolute Gasteiger partial charge is 0.494 e. The van der Waals surface area contributed by atoms with Gasteiger partial charge in [-0.1, -0.05) is 80.8 Å². The van der Waals surface area contributed by atoms with E-state index in [-0.39, 0.29) is 41.8 Å². The Morgan fingerprint density at radius 3 is 2.32 bits per heavy atom. The van der Waals surface area contributed by atoms with E-state index in [1.54, 1.807) is 11.3 Å². The lowest BCUT2D eigenvalue weighted by Gasteiger charge is -2.37. The molecule has 1 aliphatic heterocycles. The van der Waals surface area contributed by atoms with E-state index in [9.17, 15) is 9.59 Å². The first kappa shape index (κ1) is 30.7. The highest BCUT2D eigenvalue weighted by molar-refractivity contribution is 7.09. The molecule has 2 heterocycles. The molecule has 0 unspecified atom stereocenters. The third-order valence-corrected chi connectivity index (χ3v) is 11.3. The number of nitrogens with zero attached hydrogens (tertiary/aromatic N) is 3. The first-order chi connectivity index (χ1) is 21.5. The molecule has 1 aromatic heterocycles. The molecule has 2 saturated carbocycles. The maximum Gasteiger partial charge on any atom is 0.320 e. The van der Waals surface area contributed by atoms with Gasteiger partial charge in [-0.3, -0.25) is 4.79 Å². The Morgan fingerprint density at radius 1 is 0.909 bits per heavy atom. The van der Waals surface area contributed by atoms with Crippen LogP contribution in [0.1, 0.15) is 74.6 Å². The summed E-state index contributed by atoms with van der Waals surface area (Å²) < 4.78 is 6.01. The number of carbonyl (C=O) groups excluding carboxylic acids is 2. The van der Waals surface area contributed by atoms with Crippen LogP contribution in [-0.4, -0.2) is 65.0 Å². The molecule has 1 saturated heterocycles. The zero-order valence-electron chi connectivity index (χ0n) is 26.2. The Balaban J connectivity index is 1.29. The van der Waals surface area contributed by atoms with Gasteiger partial charge < -0.3 is 19.4 Å². The van der Waals surface area contributed by atoms with E-state index in [2.05, 4.69) is 69.5 Å². The Morgan fingerprint density at radius 2 is 1.61 bits per heavy atom. The predicted molar refractivity (Wildman–Crippen MR) is 177 cm³/mol. The monoisotopic (exact) mass is 613 g/mol. The van der Waals surface area contributed by atoms with Crippen LogP contribution >= 0.6 is 11.3 Å². The number of thiophene rings is 1. The second-order valence-electron chi connectivity index (χ2n) is 13.0. The fraction of sp³-hybridized carbons (Fsp3) is 0.514. The maximum absolute atomic E-state index is 14.5. The van der Waals surface area contributed by atoms with Crippen molar-refractivity contribution in [1.29, 1.82) is 0 Å². The smallest absolute Gasteiger partial charge is 0.320 e. The predicted octanol–water partition coefficient (Wildman–Crippen LogP) is 7.81. The molecule has 7 heteroatoms. The molecule has 5 atom stereocenters. The van der Waals surface area contributed by atoms with Gasteiger partial charge in [0, 0.05) is 30.4 Å². The van der Waals surface area contributed by atoms with E-state index in [1.807, 2.05) is 37.4 Å². The van der Waals surface area contributed by atoms with Crippen LogP contribution in [0.3, 0.4) is 0 Å². The number of carbonyl (C=O) groups is 2. The number of ether oxygens (including phenoxy) is 1. The van der Waals surface area contributed by atoms with Crippen molar-refractivity contribution in [3.63, 3.8) is 0 Å². The number of benzene rings is 2. The lowest BCUT2D eigenvalue weighted by atomic mass is 9.77. The van der Waals surface area contributed by atoms with Crippen molar-refractivity contribution in [2.24, 2.45) is 11.8 Å². The van der Waals surface area contributed by atoms with Crippen LogP contribution in [0.5, 0.6) is 5.75 Å². The van der Waals surface area contributed by atoms with Gasteiger partial charge in [0.2, 0.25) is 5.91 Å². The Kier molecular flexibility index (Phi) is 9.90. The topological polar surface area (TPSA) is 53.1 Å². The van der Waals surface area contributed by atoms with Crippen LogP contribution in [0, 0.1) is 11.8 Å². The van der Waals surface area contributed by atoms with Crippen LogP contribution in [-0.2, 0) is 11.3 Å². The molecule has 2 aromatic carbocycles. The quantitative estimate of drug-likeness (QED) is 0.219. The Bertz CT molecular complexity index is 1340. The standard InChI is InChI=1S/C37H47N3O3S/c1-27-32(28-14-6-3-7-15-28)24-35-34(25-33(27)36(41)38(2)29-16-8-4-9-17-29)39(21-13-22-43-30-18-10-5-11-19-30)37(42)40(35)26-31-20-12-23-44-31/h3,5-7,10-12,14-15,18-20,23,27,29,32-35H,4,8-9,13,16-17,21-22,24-26H2,1-2H3/t27-,32-,33+,34-,35+/m1/s1. The van der Waals surface area contributed by atoms with Gasteiger partial charge in [0.1, 0.15) is 5.75 Å². The van der Waals surface area contributed by atoms with Crippen molar-refractivity contribution in [2.75, 3.05) is 20.2 Å². The lowest BCUT2D eigenvalue weighted by Crippen LogP contribution is -2.46. The fourth-order valence-electron chi connectivity index (χ4n) is 8.00. The van der Waals surface area contributed by atoms with Gasteiger partial charge in [-0.15, -0.1) is 11.3 Å². The number of urea groups is 1. The van der Waals surface area contributed by atoms with Crippen LogP contribution in [0.25, 0.3) is 0 Å². The minimum Gasteiger partial charge on any atom is -0.494 e. The molecule has 3 aliphatic rings. The molecular formula is C37H47N3O3S. The maximum atomic E-state index is 14.5. The molecule has 44 heavy (non-hydrogen) atoms. The van der Waals surface area contributed by atoms with E-state index >= 15 is 0 Å². The van der Waals surface area contributed by atoms with Gasteiger partial charge in [0.15, 0.2) is 0 Å². The van der Waals surface area contributed by atoms with Gasteiger partial charge >= 0.3 is 6.03 Å². The second kappa shape index (κ2) is 14.2. The minimum atomic E-state index is -0.139. The number of rotatable bonds is 10. The first-order valence-electron chi connectivity index (χ1n) is 16.6. The third kappa shape index (κ3) is 6.68. The number of para-hydroxylation sites is 1. The molecule has 6 nitrogen and oxygen atoms in total. The van der Waals surface area contributed by atoms with E-state index < -0.39 is 0 Å². The average molecular weight is 614 g/mol. The Hall–Kier alpha value is -3.32. The molecule has 0 radical (unpaired) electrons. The summed E-state index contributed by atoms with van der Waals surface area (Å²) in [4.78, 5) is 36.2. The van der Waals surface area contributed by atoms with Crippen molar-refractivity contribution in [3.8, 4) is 5.75 Å². The zero-order valence-corrected chi connectivity index (χ0v) is 27.0. The third-order valence-electron chi connectivity index (χ3n) is 10.5. The summed E-state index contributed by atoms with van der Waals surface area (Å²) in [7, 11) is 2.03. The first-order valence-corrected chi connectivity index (χ1v) is 17.5. The molecule has 3 amide bonds. The van der Waals surface area contributed by atoms with Crippen LogP contribution in [0.2, 0.25) is 0 Å². The zero-order chi connectivity index (χ0) is 30.5. The molecule has 2 aliphatic carbocycles. The van der Waals surface area contributed by atoms with Crippen molar-refractivity contribution in [3.05, 3.63) is 88.6 Å². The molecule has 234 valence electrons. The van der Waals surface area contributed by atoms with Crippen LogP contribution in [0.15, 0.2) is 78.2 Å². The highest BCUT2D eigenvalue weighted by Gasteiger charge is 2.52. The molecule has 6 rings (SSSR count). The highest BCUT2D eigenvalue weighted by atomic mass is 32.1. The summed E-state index contributed by atoms with van der Waals surface area (Å²) in [6.45, 7) is 4.08. The van der Waals surface area contributed by atoms with Crippen molar-refractivity contribution >= 4 is 23.3 Å². The summed E-state index contributed by atoms with van der Waals surface area (Å²) in [5.74, 6) is 1.34. The van der Waals surface area contributed by atoms with E-state index in [0.717, 1.165) is 31.4 Å². The van der Waals surface area contributed by atoms with Gasteiger partial charge in [-0.25, -0.2) is 4.79 Å². The number of hydrogen-bond donors (Lipinski definition) is 0. The van der Waals surface area contributed by atoms with Crippen LogP contribution in [0.4, 0.5) is 4.79 Å². The normalized spacial score (nSPS) is 25.9. The molecule has 3 aromatic rings. The summed E-state index contributed by atoms with van der Waals surface area (Å²) in [5, 5.41) is 2.09. The number of hydrogen-bond acceptors (Lipinski definition) is 4. The van der Waals surface area contributed by atoms with E-state index in [1.165, 1.54) is 29.7 Å². The van der Waals surface area contributed by atoms with Crippen LogP contribution < -0.4 is 4.74 Å². The summed E-state index contributed by atoms with van der Waals surface area (Å²) in [6.07, 6.45) is 8.17. The highest BCUT2D eigenvalue weighted by Crippen LogP contribution is 2.46. The molecule has 3 fully saturated rings. The number of fused-ring (bicyclic) bond motifs is 1. The van der Waals surface area contributed by atoms with Gasteiger partial charge in [-0.05, 0) is 73.1 Å². The van der Waals surface area contributed by atoms with Crippen molar-refractivity contribution < 1.29 is 14.3 Å². The summed E-state index contributed by atoms with van der Waals surface area (Å²) >= 11 is 1.71. The Labute approximate surface area is 267 Å². The number of amides is 3. The van der Waals surface area contributed by atoms with Gasteiger partial charge in [-0.2, -0.15) is 0 Å². The van der Waals surface area contributed by atoms with Crippen molar-refractivity contribution in [1.82, 2.24) is 14.7 Å². The SMILES string of the molecule is C[C@H]1[C@@H](C(=O)N(C)C2CCCCC2)C[C@@H]2[C@H](C[C@H]1c1ccccc1)N(Cc1cccs1)C(=O)N2CCCOc1ccccc1. The summed E-state index contributed by atoms with van der Waals surface area (Å²) in [5.41, 5.74) is 1.28. The minimum absolute atomic E-state index is 0.0101. The molecular weight excluding hydrogens is 566 g/mol.